The van der Waals surface area contributed by atoms with E-state index in [-0.39, 0.29) is 19.4 Å². The molecule has 9 heteroatoms. The number of ether oxygens (including phenoxy) is 2. The zero-order valence-electron chi connectivity index (χ0n) is 37.8. The lowest BCUT2D eigenvalue weighted by molar-refractivity contribution is -0.161. The molecule has 2 N–H and O–H groups in total. The van der Waals surface area contributed by atoms with Crippen LogP contribution >= 0.6 is 7.82 Å². The van der Waals surface area contributed by atoms with Gasteiger partial charge in [0.2, 0.25) is 0 Å². The monoisotopic (exact) mass is 831 g/mol. The molecule has 0 aromatic rings. The fourth-order valence-electron chi connectivity index (χ4n) is 7.67. The number of hydrogen-bond donors (Lipinski definition) is 2. The molecule has 0 spiro atoms. The number of rotatable bonds is 47. The first-order valence-corrected chi connectivity index (χ1v) is 26.4. The molecule has 340 valence electrons. The summed E-state index contributed by atoms with van der Waals surface area (Å²) < 4.78 is 26.5. The number of hydrogen-bond acceptors (Lipinski definition) is 6. The van der Waals surface area contributed by atoms with Crippen LogP contribution in [0.25, 0.3) is 0 Å². The highest BCUT2D eigenvalue weighted by Crippen LogP contribution is 2.36. The number of phosphoric acid groups is 1. The highest BCUT2D eigenvalue weighted by Gasteiger charge is 2.23. The lowest BCUT2D eigenvalue weighted by Crippen LogP contribution is -2.29. The smallest absolute Gasteiger partial charge is 0.462 e. The number of phosphoric ester groups is 1. The Balaban J connectivity index is 3.77. The fourth-order valence-corrected chi connectivity index (χ4v) is 8.03. The van der Waals surface area contributed by atoms with Crippen LogP contribution in [0.2, 0.25) is 0 Å². The van der Waals surface area contributed by atoms with Crippen molar-refractivity contribution in [1.29, 1.82) is 0 Å². The van der Waals surface area contributed by atoms with Crippen LogP contribution in [0.1, 0.15) is 277 Å². The summed E-state index contributed by atoms with van der Waals surface area (Å²) in [6.45, 7) is 3.75. The zero-order chi connectivity index (χ0) is 41.8. The highest BCUT2D eigenvalue weighted by atomic mass is 31.2. The van der Waals surface area contributed by atoms with Crippen molar-refractivity contribution in [2.75, 3.05) is 13.2 Å². The first-order valence-electron chi connectivity index (χ1n) is 24.8. The van der Waals surface area contributed by atoms with Crippen molar-refractivity contribution >= 4 is 19.8 Å². The van der Waals surface area contributed by atoms with E-state index in [1.54, 1.807) is 0 Å². The maximum absolute atomic E-state index is 12.5. The maximum Gasteiger partial charge on any atom is 0.469 e. The first-order chi connectivity index (χ1) is 27.8. The summed E-state index contributed by atoms with van der Waals surface area (Å²) >= 11 is 0. The molecule has 0 saturated carbocycles. The van der Waals surface area contributed by atoms with Gasteiger partial charge in [0.1, 0.15) is 6.61 Å². The average Bonchev–Trinajstić information content (AvgIpc) is 3.18. The van der Waals surface area contributed by atoms with Crippen LogP contribution in [0.15, 0.2) is 0 Å². The van der Waals surface area contributed by atoms with E-state index in [0.29, 0.717) is 6.42 Å². The van der Waals surface area contributed by atoms with Crippen molar-refractivity contribution in [3.63, 3.8) is 0 Å². The van der Waals surface area contributed by atoms with Crippen LogP contribution in [-0.2, 0) is 28.2 Å². The average molecular weight is 831 g/mol. The summed E-state index contributed by atoms with van der Waals surface area (Å²) in [4.78, 5) is 43.0. The Bertz CT molecular complexity index is 894. The first kappa shape index (κ1) is 56.0. The van der Waals surface area contributed by atoms with Gasteiger partial charge in [0.05, 0.1) is 6.61 Å². The Morgan fingerprint density at radius 1 is 0.386 bits per heavy atom. The highest BCUT2D eigenvalue weighted by molar-refractivity contribution is 7.46. The third kappa shape index (κ3) is 47.6. The van der Waals surface area contributed by atoms with Crippen molar-refractivity contribution in [3.8, 4) is 0 Å². The van der Waals surface area contributed by atoms with Gasteiger partial charge in [0, 0.05) is 12.8 Å². The Hall–Kier alpha value is -0.950. The number of unbranched alkanes of at least 4 members (excludes halogenated alkanes) is 37. The quantitative estimate of drug-likeness (QED) is 0.0353. The van der Waals surface area contributed by atoms with Gasteiger partial charge in [0.15, 0.2) is 6.10 Å². The van der Waals surface area contributed by atoms with E-state index < -0.39 is 32.5 Å². The SMILES string of the molecule is CCCCCCCCCCCCCCCCCCCCCCCC(=O)O[C@H](COC(=O)CCCCCCCCCCCCCCCCCCCC)COP(=O)(O)O. The summed E-state index contributed by atoms with van der Waals surface area (Å²) in [5.74, 6) is -0.861. The van der Waals surface area contributed by atoms with E-state index in [1.165, 1.54) is 212 Å². The second-order valence-corrected chi connectivity index (χ2v) is 18.4. The van der Waals surface area contributed by atoms with Crippen molar-refractivity contribution < 1.29 is 37.9 Å². The maximum atomic E-state index is 12.5. The van der Waals surface area contributed by atoms with Crippen LogP contribution < -0.4 is 0 Å². The molecule has 0 aliphatic rings. The topological polar surface area (TPSA) is 119 Å². The van der Waals surface area contributed by atoms with Gasteiger partial charge in [-0.15, -0.1) is 0 Å². The summed E-state index contributed by atoms with van der Waals surface area (Å²) in [6, 6.07) is 0. The molecule has 0 aromatic carbocycles. The van der Waals surface area contributed by atoms with Gasteiger partial charge in [-0.1, -0.05) is 251 Å². The molecule has 0 radical (unpaired) electrons. The minimum absolute atomic E-state index is 0.221. The lowest BCUT2D eigenvalue weighted by atomic mass is 10.0. The van der Waals surface area contributed by atoms with Crippen molar-refractivity contribution in [1.82, 2.24) is 0 Å². The number of carbonyl (C=O) groups excluding carboxylic acids is 2. The summed E-state index contributed by atoms with van der Waals surface area (Å²) in [6.07, 6.45) is 49.8. The molecular formula is C48H95O8P. The largest absolute Gasteiger partial charge is 0.469 e. The molecule has 57 heavy (non-hydrogen) atoms. The second-order valence-electron chi connectivity index (χ2n) is 17.2. The summed E-state index contributed by atoms with van der Waals surface area (Å²) in [5, 5.41) is 0. The standard InChI is InChI=1S/C48H95O8P/c1-3-5-7-9-11-13-15-17-19-21-23-24-25-27-29-31-33-35-37-39-41-43-48(50)56-46(45-55-57(51,52)53)44-54-47(49)42-40-38-36-34-32-30-28-26-22-20-18-16-14-12-10-8-6-4-2/h46H,3-45H2,1-2H3,(H2,51,52,53)/t46-/m1/s1. The van der Waals surface area contributed by atoms with Crippen molar-refractivity contribution in [2.24, 2.45) is 0 Å². The molecule has 0 aliphatic carbocycles. The second kappa shape index (κ2) is 44.6. The van der Waals surface area contributed by atoms with Crippen molar-refractivity contribution in [3.05, 3.63) is 0 Å². The van der Waals surface area contributed by atoms with Crippen molar-refractivity contribution in [2.45, 2.75) is 283 Å². The molecule has 0 fully saturated rings. The summed E-state index contributed by atoms with van der Waals surface area (Å²) in [5.41, 5.74) is 0. The van der Waals surface area contributed by atoms with Crippen LogP contribution in [-0.4, -0.2) is 41.0 Å². The van der Waals surface area contributed by atoms with E-state index in [2.05, 4.69) is 18.4 Å². The molecule has 1 atom stereocenters. The Morgan fingerprint density at radius 3 is 0.895 bits per heavy atom. The third-order valence-electron chi connectivity index (χ3n) is 11.4. The van der Waals surface area contributed by atoms with Gasteiger partial charge in [-0.2, -0.15) is 0 Å². The Kier molecular flexibility index (Phi) is 43.9. The predicted octanol–water partition coefficient (Wildman–Crippen LogP) is 15.6. The van der Waals surface area contributed by atoms with Crippen LogP contribution in [0.4, 0.5) is 0 Å². The van der Waals surface area contributed by atoms with Gasteiger partial charge in [0.25, 0.3) is 0 Å². The van der Waals surface area contributed by atoms with Gasteiger partial charge in [-0.3, -0.25) is 14.1 Å². The molecule has 0 aromatic heterocycles. The van der Waals surface area contributed by atoms with E-state index in [0.717, 1.165) is 32.1 Å². The minimum atomic E-state index is -4.75. The molecule has 0 unspecified atom stereocenters. The number of esters is 2. The molecular weight excluding hydrogens is 735 g/mol. The molecule has 0 bridgehead atoms. The minimum Gasteiger partial charge on any atom is -0.462 e. The van der Waals surface area contributed by atoms with Gasteiger partial charge < -0.3 is 19.3 Å². The normalized spacial score (nSPS) is 12.3. The molecule has 0 rings (SSSR count). The van der Waals surface area contributed by atoms with Gasteiger partial charge in [-0.25, -0.2) is 4.57 Å². The Labute approximate surface area is 353 Å². The van der Waals surface area contributed by atoms with E-state index in [1.807, 2.05) is 0 Å². The molecule has 0 heterocycles. The van der Waals surface area contributed by atoms with Crippen LogP contribution in [0.3, 0.4) is 0 Å². The summed E-state index contributed by atoms with van der Waals surface area (Å²) in [7, 11) is -4.75. The van der Waals surface area contributed by atoms with E-state index in [4.69, 9.17) is 19.3 Å². The fraction of sp³-hybridized carbons (Fsp3) is 0.958. The predicted molar refractivity (Wildman–Crippen MR) is 239 cm³/mol. The Morgan fingerprint density at radius 2 is 0.632 bits per heavy atom. The van der Waals surface area contributed by atoms with Gasteiger partial charge in [-0.05, 0) is 12.8 Å². The zero-order valence-corrected chi connectivity index (χ0v) is 38.7. The van der Waals surface area contributed by atoms with Crippen LogP contribution in [0.5, 0.6) is 0 Å². The van der Waals surface area contributed by atoms with E-state index in [9.17, 15) is 14.2 Å². The van der Waals surface area contributed by atoms with Crippen LogP contribution in [0, 0.1) is 0 Å². The molecule has 0 amide bonds. The molecule has 0 saturated heterocycles. The lowest BCUT2D eigenvalue weighted by Gasteiger charge is -2.18. The third-order valence-corrected chi connectivity index (χ3v) is 11.9. The molecule has 8 nitrogen and oxygen atoms in total. The van der Waals surface area contributed by atoms with Gasteiger partial charge >= 0.3 is 19.8 Å². The number of carbonyl (C=O) groups is 2. The van der Waals surface area contributed by atoms with E-state index >= 15 is 0 Å². The molecule has 0 aliphatic heterocycles.